The van der Waals surface area contributed by atoms with Gasteiger partial charge in [-0.2, -0.15) is 0 Å². The lowest BCUT2D eigenvalue weighted by Gasteiger charge is -2.19. The average molecular weight is 271 g/mol. The number of hydrazine groups is 1. The van der Waals surface area contributed by atoms with Gasteiger partial charge in [-0.3, -0.25) is 0 Å². The molecule has 7 heteroatoms. The smallest absolute Gasteiger partial charge is 0.191 e. The van der Waals surface area contributed by atoms with Crippen LogP contribution in [-0.2, 0) is 4.74 Å². The zero-order valence-corrected chi connectivity index (χ0v) is 12.1. The number of hydrogen-bond donors (Lipinski definition) is 2. The molecule has 0 saturated carbocycles. The summed E-state index contributed by atoms with van der Waals surface area (Å²) in [4.78, 5) is 10.7. The Morgan fingerprint density at radius 3 is 2.78 bits per heavy atom. The highest BCUT2D eigenvalue weighted by molar-refractivity contribution is 7.98. The van der Waals surface area contributed by atoms with Gasteiger partial charge in [0.15, 0.2) is 5.16 Å². The van der Waals surface area contributed by atoms with Crippen molar-refractivity contribution in [2.45, 2.75) is 25.1 Å². The first-order valence-electron chi connectivity index (χ1n) is 5.79. The van der Waals surface area contributed by atoms with Crippen LogP contribution < -0.4 is 16.2 Å². The van der Waals surface area contributed by atoms with Crippen LogP contribution in [0.3, 0.4) is 0 Å². The molecule has 1 aromatic heterocycles. The number of rotatable bonds is 7. The van der Waals surface area contributed by atoms with Gasteiger partial charge in [0.05, 0.1) is 12.7 Å². The Morgan fingerprint density at radius 2 is 2.22 bits per heavy atom. The highest BCUT2D eigenvalue weighted by Crippen LogP contribution is 2.18. The Labute approximate surface area is 112 Å². The van der Waals surface area contributed by atoms with Gasteiger partial charge in [0.25, 0.3) is 0 Å². The van der Waals surface area contributed by atoms with Crippen LogP contribution >= 0.6 is 11.8 Å². The number of nitrogens with zero attached hydrogens (tertiary/aromatic N) is 3. The van der Waals surface area contributed by atoms with Crippen LogP contribution in [0.1, 0.15) is 13.8 Å². The Bertz CT molecular complexity index is 352. The van der Waals surface area contributed by atoms with Gasteiger partial charge in [-0.15, -0.1) is 0 Å². The molecule has 0 amide bonds. The summed E-state index contributed by atoms with van der Waals surface area (Å²) in [5, 5.41) is 0.692. The third kappa shape index (κ3) is 4.67. The minimum absolute atomic E-state index is 0.242. The van der Waals surface area contributed by atoms with Gasteiger partial charge in [0.1, 0.15) is 11.6 Å². The molecule has 0 bridgehead atoms. The zero-order valence-electron chi connectivity index (χ0n) is 11.3. The van der Waals surface area contributed by atoms with Crippen molar-refractivity contribution in [3.63, 3.8) is 0 Å². The molecule has 0 aromatic carbocycles. The fourth-order valence-electron chi connectivity index (χ4n) is 1.31. The minimum Gasteiger partial charge on any atom is -0.377 e. The zero-order chi connectivity index (χ0) is 13.5. The monoisotopic (exact) mass is 271 g/mol. The number of likely N-dealkylation sites (N-methyl/N-ethyl adjacent to an activating group) is 1. The Balaban J connectivity index is 2.68. The van der Waals surface area contributed by atoms with E-state index >= 15 is 0 Å². The topological polar surface area (TPSA) is 76.3 Å². The van der Waals surface area contributed by atoms with Crippen LogP contribution in [0.25, 0.3) is 0 Å². The van der Waals surface area contributed by atoms with Crippen LogP contribution in [0.2, 0.25) is 0 Å². The number of nitrogen functional groups attached to an aromatic ring is 1. The molecule has 0 aliphatic carbocycles. The maximum absolute atomic E-state index is 5.52. The lowest BCUT2D eigenvalue weighted by Crippen LogP contribution is -2.25. The van der Waals surface area contributed by atoms with E-state index in [-0.39, 0.29) is 6.10 Å². The van der Waals surface area contributed by atoms with Crippen molar-refractivity contribution in [2.24, 2.45) is 5.84 Å². The molecular formula is C11H21N5OS. The SMILES string of the molecule is CSc1nc(NN)cc(N(C)CCOC(C)C)n1. The molecule has 3 N–H and O–H groups in total. The molecule has 0 fully saturated rings. The predicted molar refractivity (Wildman–Crippen MR) is 76.0 cm³/mol. The summed E-state index contributed by atoms with van der Waals surface area (Å²) in [7, 11) is 1.97. The van der Waals surface area contributed by atoms with E-state index in [0.717, 1.165) is 12.4 Å². The first kappa shape index (κ1) is 15.0. The molecule has 102 valence electrons. The Kier molecular flexibility index (Phi) is 6.17. The van der Waals surface area contributed by atoms with Crippen molar-refractivity contribution in [3.8, 4) is 0 Å². The molecule has 0 aliphatic rings. The van der Waals surface area contributed by atoms with Crippen molar-refractivity contribution in [2.75, 3.05) is 36.8 Å². The third-order valence-electron chi connectivity index (χ3n) is 2.29. The molecule has 1 rings (SSSR count). The van der Waals surface area contributed by atoms with Crippen molar-refractivity contribution >= 4 is 23.4 Å². The molecule has 1 heterocycles. The molecule has 0 atom stereocenters. The van der Waals surface area contributed by atoms with Gasteiger partial charge in [0, 0.05) is 19.7 Å². The van der Waals surface area contributed by atoms with E-state index in [1.807, 2.05) is 38.1 Å². The second-order valence-electron chi connectivity index (χ2n) is 4.08. The summed E-state index contributed by atoms with van der Waals surface area (Å²) in [6.07, 6.45) is 2.17. The minimum atomic E-state index is 0.242. The Hall–Kier alpha value is -1.05. The quantitative estimate of drug-likeness (QED) is 0.335. The van der Waals surface area contributed by atoms with E-state index < -0.39 is 0 Å². The van der Waals surface area contributed by atoms with Gasteiger partial charge in [-0.1, -0.05) is 11.8 Å². The van der Waals surface area contributed by atoms with E-state index in [2.05, 4.69) is 15.4 Å². The van der Waals surface area contributed by atoms with Gasteiger partial charge >= 0.3 is 0 Å². The second kappa shape index (κ2) is 7.40. The largest absolute Gasteiger partial charge is 0.377 e. The predicted octanol–water partition coefficient (Wildman–Crippen LogP) is 1.35. The molecule has 18 heavy (non-hydrogen) atoms. The van der Waals surface area contributed by atoms with Gasteiger partial charge in [0.2, 0.25) is 0 Å². The normalized spacial score (nSPS) is 10.8. The lowest BCUT2D eigenvalue weighted by molar-refractivity contribution is 0.0845. The summed E-state index contributed by atoms with van der Waals surface area (Å²) < 4.78 is 5.52. The van der Waals surface area contributed by atoms with E-state index in [9.17, 15) is 0 Å². The fourth-order valence-corrected chi connectivity index (χ4v) is 1.69. The summed E-state index contributed by atoms with van der Waals surface area (Å²) >= 11 is 1.48. The van der Waals surface area contributed by atoms with Gasteiger partial charge < -0.3 is 15.1 Å². The summed E-state index contributed by atoms with van der Waals surface area (Å²) in [6, 6.07) is 1.81. The molecule has 0 saturated heterocycles. The first-order chi connectivity index (χ1) is 8.56. The van der Waals surface area contributed by atoms with Crippen LogP contribution in [-0.4, -0.2) is 42.5 Å². The Morgan fingerprint density at radius 1 is 1.50 bits per heavy atom. The summed E-state index contributed by atoms with van der Waals surface area (Å²) in [5.41, 5.74) is 2.55. The maximum atomic E-state index is 5.52. The van der Waals surface area contributed by atoms with E-state index in [4.69, 9.17) is 10.6 Å². The van der Waals surface area contributed by atoms with Crippen molar-refractivity contribution in [1.29, 1.82) is 0 Å². The summed E-state index contributed by atoms with van der Waals surface area (Å²) in [5.74, 6) is 6.83. The highest BCUT2D eigenvalue weighted by Gasteiger charge is 2.08. The number of nitrogens with one attached hydrogen (secondary N) is 1. The van der Waals surface area contributed by atoms with Crippen molar-refractivity contribution in [1.82, 2.24) is 9.97 Å². The van der Waals surface area contributed by atoms with Crippen LogP contribution in [0.5, 0.6) is 0 Å². The van der Waals surface area contributed by atoms with E-state index in [0.29, 0.717) is 17.6 Å². The van der Waals surface area contributed by atoms with Crippen LogP contribution in [0.4, 0.5) is 11.6 Å². The number of hydrogen-bond acceptors (Lipinski definition) is 7. The molecule has 0 radical (unpaired) electrons. The molecule has 0 spiro atoms. The van der Waals surface area contributed by atoms with Crippen LogP contribution in [0.15, 0.2) is 11.2 Å². The third-order valence-corrected chi connectivity index (χ3v) is 2.84. The number of nitrogens with two attached hydrogens (primary N) is 1. The van der Waals surface area contributed by atoms with Crippen molar-refractivity contribution < 1.29 is 4.74 Å². The van der Waals surface area contributed by atoms with Gasteiger partial charge in [-0.05, 0) is 20.1 Å². The van der Waals surface area contributed by atoms with E-state index in [1.54, 1.807) is 0 Å². The summed E-state index contributed by atoms with van der Waals surface area (Å²) in [6.45, 7) is 5.48. The van der Waals surface area contributed by atoms with E-state index in [1.165, 1.54) is 11.8 Å². The fraction of sp³-hybridized carbons (Fsp3) is 0.636. The highest BCUT2D eigenvalue weighted by atomic mass is 32.2. The number of thioether (sulfide) groups is 1. The lowest BCUT2D eigenvalue weighted by atomic mass is 10.4. The average Bonchev–Trinajstić information content (AvgIpc) is 2.37. The van der Waals surface area contributed by atoms with Gasteiger partial charge in [-0.25, -0.2) is 15.8 Å². The molecule has 1 aromatic rings. The first-order valence-corrected chi connectivity index (χ1v) is 7.01. The molecular weight excluding hydrogens is 250 g/mol. The second-order valence-corrected chi connectivity index (χ2v) is 4.86. The molecule has 0 unspecified atom stereocenters. The van der Waals surface area contributed by atoms with Crippen molar-refractivity contribution in [3.05, 3.63) is 6.07 Å². The standard InChI is InChI=1S/C11H21N5OS/c1-8(2)17-6-5-16(3)10-7-9(15-12)13-11(14-10)18-4/h7-8H,5-6,12H2,1-4H3,(H,13,14,15). The number of aromatic nitrogens is 2. The molecule has 6 nitrogen and oxygen atoms in total. The maximum Gasteiger partial charge on any atom is 0.191 e. The number of anilines is 2. The van der Waals surface area contributed by atoms with Crippen LogP contribution in [0, 0.1) is 0 Å². The number of ether oxygens (including phenoxy) is 1. The molecule has 0 aliphatic heterocycles.